The number of piperidine rings is 1. The Balaban J connectivity index is 1.39. The van der Waals surface area contributed by atoms with Crippen molar-refractivity contribution in [1.29, 1.82) is 0 Å². The molecule has 3 aromatic rings. The average Bonchev–Trinajstić information content (AvgIpc) is 3.78. The van der Waals surface area contributed by atoms with Crippen molar-refractivity contribution in [3.05, 3.63) is 30.2 Å². The summed E-state index contributed by atoms with van der Waals surface area (Å²) in [5.41, 5.74) is 3.29. The molecule has 2 amide bonds. The molecule has 1 aliphatic carbocycles. The summed E-state index contributed by atoms with van der Waals surface area (Å²) < 4.78 is 26.5. The minimum absolute atomic E-state index is 0.0823. The first-order valence-electron chi connectivity index (χ1n) is 21.8. The van der Waals surface area contributed by atoms with Gasteiger partial charge in [0.15, 0.2) is 5.65 Å². The zero-order valence-corrected chi connectivity index (χ0v) is 40.2. The van der Waals surface area contributed by atoms with Gasteiger partial charge in [-0.05, 0) is 110 Å². The molecule has 2 unspecified atom stereocenters. The van der Waals surface area contributed by atoms with Crippen LogP contribution in [0.4, 0.5) is 21.2 Å². The van der Waals surface area contributed by atoms with Crippen LogP contribution in [0.25, 0.3) is 16.8 Å². The quantitative estimate of drug-likeness (QED) is 0.0844. The molecule has 13 nitrogen and oxygen atoms in total. The molecule has 0 N–H and O–H groups in total. The van der Waals surface area contributed by atoms with Crippen molar-refractivity contribution < 1.29 is 28.5 Å². The zero-order chi connectivity index (χ0) is 43.1. The van der Waals surface area contributed by atoms with E-state index in [1.807, 2.05) is 75.5 Å². The molecule has 0 radical (unpaired) electrons. The Hall–Kier alpha value is -3.47. The van der Waals surface area contributed by atoms with E-state index in [0.29, 0.717) is 32.5 Å². The van der Waals surface area contributed by atoms with Crippen LogP contribution in [0.2, 0.25) is 51.4 Å². The molecule has 2 aliphatic heterocycles. The number of hydrogen-bond acceptors (Lipinski definition) is 10. The Labute approximate surface area is 355 Å². The fourth-order valence-corrected chi connectivity index (χ4v) is 9.60. The lowest BCUT2D eigenvalue weighted by atomic mass is 9.81. The molecule has 2 bridgehead atoms. The Morgan fingerprint density at radius 3 is 1.90 bits per heavy atom. The van der Waals surface area contributed by atoms with Gasteiger partial charge in [0.05, 0.1) is 6.20 Å². The lowest BCUT2D eigenvalue weighted by molar-refractivity contribution is 0.00570. The summed E-state index contributed by atoms with van der Waals surface area (Å²) in [7, 11) is -0.482. The van der Waals surface area contributed by atoms with E-state index in [2.05, 4.69) is 52.0 Å². The van der Waals surface area contributed by atoms with Crippen LogP contribution in [0, 0.1) is 0 Å². The lowest BCUT2D eigenvalue weighted by Crippen LogP contribution is -2.48. The molecule has 3 aliphatic rings. The number of carbonyl (C=O) groups is 2. The molecule has 324 valence electrons. The number of rotatable bonds is 15. The van der Waals surface area contributed by atoms with Crippen LogP contribution in [0.1, 0.15) is 91.7 Å². The maximum atomic E-state index is 13.5. The molecular weight excluding hydrogens is 777 g/mol. The Morgan fingerprint density at radius 2 is 1.41 bits per heavy atom. The number of pyridine rings is 1. The third-order valence-electron chi connectivity index (χ3n) is 11.2. The van der Waals surface area contributed by atoms with E-state index in [4.69, 9.17) is 34.0 Å². The first-order valence-corrected chi connectivity index (χ1v) is 29.2. The molecule has 0 spiro atoms. The van der Waals surface area contributed by atoms with Crippen LogP contribution >= 0.6 is 0 Å². The Kier molecular flexibility index (Phi) is 13.4. The Bertz CT molecular complexity index is 1910. The Morgan fingerprint density at radius 1 is 0.831 bits per heavy atom. The molecule has 3 aromatic heterocycles. The van der Waals surface area contributed by atoms with Gasteiger partial charge in [0.25, 0.3) is 0 Å². The number of ether oxygens (including phenoxy) is 4. The van der Waals surface area contributed by atoms with Crippen LogP contribution < -0.4 is 15.3 Å². The number of carbonyl (C=O) groups excluding carboxylic acids is 2. The van der Waals surface area contributed by atoms with E-state index in [-0.39, 0.29) is 36.2 Å². The topological polar surface area (TPSA) is 124 Å². The van der Waals surface area contributed by atoms with E-state index in [1.165, 1.54) is 0 Å². The van der Waals surface area contributed by atoms with E-state index in [0.717, 1.165) is 84.4 Å². The van der Waals surface area contributed by atoms with Crippen molar-refractivity contribution in [2.24, 2.45) is 0 Å². The van der Waals surface area contributed by atoms with Crippen molar-refractivity contribution >= 4 is 58.9 Å². The van der Waals surface area contributed by atoms with Crippen LogP contribution in [0.15, 0.2) is 24.5 Å². The highest BCUT2D eigenvalue weighted by molar-refractivity contribution is 6.76. The normalized spacial score (nSPS) is 19.9. The van der Waals surface area contributed by atoms with Crippen LogP contribution in [0.3, 0.4) is 0 Å². The molecule has 3 fully saturated rings. The number of hydrogen-bond donors (Lipinski definition) is 0. The standard InChI is InChI=1S/C43H70BN7O6Si2/c1-42(2,3)56-40(52)49-32-16-17-33(49)24-30(23-32)37-36(44)39(48(27-54-19-21-58(7,8)9)28-55-20-22-59(10,11)12)51-38(47-37)34(26-46-51)29-13-18-35(45-25-29)50(31-14-15-31)41(53)57-43(4,5)6/h13,18,25-26,30-33H,14-17,19-24,27-28,44H2,1-12H3. The summed E-state index contributed by atoms with van der Waals surface area (Å²) in [6, 6.07) is 6.27. The van der Waals surface area contributed by atoms with E-state index in [9.17, 15) is 9.59 Å². The minimum atomic E-state index is -1.32. The number of fused-ring (bicyclic) bond motifs is 3. The molecule has 16 heteroatoms. The zero-order valence-electron chi connectivity index (χ0n) is 38.2. The van der Waals surface area contributed by atoms with E-state index in [1.54, 1.807) is 4.90 Å². The molecule has 5 heterocycles. The first-order chi connectivity index (χ1) is 27.5. The SMILES string of the molecule is Bc1c(C2CC3CCC(C2)N3C(=O)OC(C)(C)C)nc2c(-c3ccc(N(C(=O)OC(C)(C)C)C4CC4)nc3)cnn2c1N(COCC[Si](C)(C)C)COCC[Si](C)(C)C. The van der Waals surface area contributed by atoms with E-state index >= 15 is 0 Å². The fraction of sp³-hybridized carbons (Fsp3) is 0.698. The molecule has 2 atom stereocenters. The van der Waals surface area contributed by atoms with Gasteiger partial charge in [-0.1, -0.05) is 39.3 Å². The highest BCUT2D eigenvalue weighted by atomic mass is 28.3. The summed E-state index contributed by atoms with van der Waals surface area (Å²) in [6.07, 6.45) is 8.43. The molecule has 6 rings (SSSR count). The second-order valence-corrected chi connectivity index (χ2v) is 32.6. The highest BCUT2D eigenvalue weighted by Gasteiger charge is 2.46. The summed E-state index contributed by atoms with van der Waals surface area (Å²) in [4.78, 5) is 42.9. The van der Waals surface area contributed by atoms with Gasteiger partial charge in [0.1, 0.15) is 44.1 Å². The smallest absolute Gasteiger partial charge is 0.416 e. The van der Waals surface area contributed by atoms with Crippen molar-refractivity contribution in [3.8, 4) is 11.1 Å². The fourth-order valence-electron chi connectivity index (χ4n) is 8.09. The number of nitrogens with zero attached hydrogens (tertiary/aromatic N) is 7. The third-order valence-corrected chi connectivity index (χ3v) is 14.6. The van der Waals surface area contributed by atoms with Gasteiger partial charge in [-0.2, -0.15) is 9.61 Å². The van der Waals surface area contributed by atoms with Crippen molar-refractivity contribution in [1.82, 2.24) is 24.5 Å². The summed E-state index contributed by atoms with van der Waals surface area (Å²) >= 11 is 0. The summed E-state index contributed by atoms with van der Waals surface area (Å²) in [5.74, 6) is 1.59. The first kappa shape index (κ1) is 45.1. The van der Waals surface area contributed by atoms with Crippen molar-refractivity contribution in [2.45, 2.75) is 167 Å². The lowest BCUT2D eigenvalue weighted by Gasteiger charge is -2.40. The van der Waals surface area contributed by atoms with Crippen LogP contribution in [0.5, 0.6) is 0 Å². The largest absolute Gasteiger partial charge is 0.444 e. The van der Waals surface area contributed by atoms with Gasteiger partial charge >= 0.3 is 12.2 Å². The maximum Gasteiger partial charge on any atom is 0.416 e. The number of anilines is 2. The van der Waals surface area contributed by atoms with Gasteiger partial charge in [-0.15, -0.1) is 0 Å². The molecule has 59 heavy (non-hydrogen) atoms. The second kappa shape index (κ2) is 17.5. The monoisotopic (exact) mass is 848 g/mol. The molecular formula is C43H70BN7O6Si2. The van der Waals surface area contributed by atoms with Gasteiger partial charge in [-0.3, -0.25) is 4.90 Å². The second-order valence-electron chi connectivity index (χ2n) is 21.4. The van der Waals surface area contributed by atoms with Crippen molar-refractivity contribution in [2.75, 3.05) is 36.5 Å². The molecule has 0 aromatic carbocycles. The van der Waals surface area contributed by atoms with Gasteiger partial charge in [0, 0.05) is 76.4 Å². The van der Waals surface area contributed by atoms with Gasteiger partial charge in [0.2, 0.25) is 0 Å². The third kappa shape index (κ3) is 11.7. The predicted molar refractivity (Wildman–Crippen MR) is 243 cm³/mol. The number of amides is 2. The predicted octanol–water partition coefficient (Wildman–Crippen LogP) is 8.03. The maximum absolute atomic E-state index is 13.5. The van der Waals surface area contributed by atoms with Crippen molar-refractivity contribution in [3.63, 3.8) is 0 Å². The highest BCUT2D eigenvalue weighted by Crippen LogP contribution is 2.44. The average molecular weight is 848 g/mol. The molecule has 2 saturated heterocycles. The summed E-state index contributed by atoms with van der Waals surface area (Å²) in [6.45, 7) is 27.7. The molecule has 1 saturated carbocycles. The van der Waals surface area contributed by atoms with Gasteiger partial charge in [-0.25, -0.2) is 19.6 Å². The number of aromatic nitrogens is 4. The van der Waals surface area contributed by atoms with E-state index < -0.39 is 27.3 Å². The van der Waals surface area contributed by atoms with Gasteiger partial charge < -0.3 is 28.7 Å². The van der Waals surface area contributed by atoms with Crippen LogP contribution in [-0.2, 0) is 18.9 Å². The summed E-state index contributed by atoms with van der Waals surface area (Å²) in [5, 5.41) is 5.01. The minimum Gasteiger partial charge on any atom is -0.444 e. The van der Waals surface area contributed by atoms with Crippen LogP contribution in [-0.4, -0.2) is 117 Å².